The van der Waals surface area contributed by atoms with E-state index >= 15 is 0 Å². The van der Waals surface area contributed by atoms with E-state index in [-0.39, 0.29) is 42.1 Å². The SMILES string of the molecule is O=C(CN(CC1CCCO1)C(=O)C1C[C@H]1c1ccccc1)N(Cc1ccc(F)cc1)Cc1cccs1. The number of amides is 2. The number of halogens is 1. The lowest BCUT2D eigenvalue weighted by atomic mass is 10.1. The maximum atomic E-state index is 13.6. The highest BCUT2D eigenvalue weighted by atomic mass is 32.1. The number of nitrogens with zero attached hydrogens (tertiary/aromatic N) is 2. The Bertz CT molecular complexity index is 1150. The van der Waals surface area contributed by atoms with Gasteiger partial charge in [-0.25, -0.2) is 4.39 Å². The quantitative estimate of drug-likeness (QED) is 0.379. The Balaban J connectivity index is 1.31. The van der Waals surface area contributed by atoms with Gasteiger partial charge in [0, 0.05) is 30.5 Å². The first-order valence-corrected chi connectivity index (χ1v) is 13.4. The van der Waals surface area contributed by atoms with Crippen molar-refractivity contribution in [2.75, 3.05) is 19.7 Å². The lowest BCUT2D eigenvalue weighted by Crippen LogP contribution is -2.46. The molecule has 5 nitrogen and oxygen atoms in total. The second-order valence-electron chi connectivity index (χ2n) is 9.67. The number of ether oxygens (including phenoxy) is 1. The van der Waals surface area contributed by atoms with E-state index in [1.54, 1.807) is 33.3 Å². The molecule has 2 aromatic carbocycles. The van der Waals surface area contributed by atoms with E-state index in [9.17, 15) is 14.0 Å². The molecular weight excluding hydrogens is 475 g/mol. The lowest BCUT2D eigenvalue weighted by molar-refractivity contribution is -0.143. The molecular formula is C29H31FN2O3S. The molecule has 0 bridgehead atoms. The molecule has 1 aliphatic carbocycles. The summed E-state index contributed by atoms with van der Waals surface area (Å²) in [6, 6.07) is 20.3. The maximum Gasteiger partial charge on any atom is 0.242 e. The van der Waals surface area contributed by atoms with Gasteiger partial charge < -0.3 is 14.5 Å². The molecule has 1 aliphatic heterocycles. The molecule has 1 saturated carbocycles. The molecule has 5 rings (SSSR count). The minimum Gasteiger partial charge on any atom is -0.376 e. The molecule has 2 heterocycles. The summed E-state index contributed by atoms with van der Waals surface area (Å²) in [7, 11) is 0. The third-order valence-electron chi connectivity index (χ3n) is 6.99. The maximum absolute atomic E-state index is 13.6. The van der Waals surface area contributed by atoms with Crippen LogP contribution in [-0.4, -0.2) is 47.4 Å². The topological polar surface area (TPSA) is 49.9 Å². The number of hydrogen-bond donors (Lipinski definition) is 0. The fourth-order valence-corrected chi connectivity index (χ4v) is 5.65. The molecule has 1 aromatic heterocycles. The summed E-state index contributed by atoms with van der Waals surface area (Å²) in [5.74, 6) is -0.270. The Morgan fingerprint density at radius 1 is 0.972 bits per heavy atom. The molecule has 36 heavy (non-hydrogen) atoms. The van der Waals surface area contributed by atoms with Crippen LogP contribution in [-0.2, 0) is 27.4 Å². The largest absolute Gasteiger partial charge is 0.376 e. The first-order chi connectivity index (χ1) is 17.6. The van der Waals surface area contributed by atoms with Gasteiger partial charge in [0.15, 0.2) is 0 Å². The van der Waals surface area contributed by atoms with Crippen molar-refractivity contribution in [3.8, 4) is 0 Å². The van der Waals surface area contributed by atoms with Crippen molar-refractivity contribution in [3.63, 3.8) is 0 Å². The van der Waals surface area contributed by atoms with Gasteiger partial charge in [-0.15, -0.1) is 11.3 Å². The molecule has 0 N–H and O–H groups in total. The standard InChI is InChI=1S/C29H31FN2O3S/c30-23-12-10-21(11-13-23)17-31(19-25-9-5-15-36-25)28(33)20-32(18-24-8-4-14-35-24)29(34)27-16-26(27)22-6-2-1-3-7-22/h1-3,5-7,9-13,15,24,26-27H,4,8,14,16-20H2/t24?,26-,27?/m0/s1. The first-order valence-electron chi connectivity index (χ1n) is 12.6. The molecule has 2 amide bonds. The van der Waals surface area contributed by atoms with Crippen molar-refractivity contribution in [1.29, 1.82) is 0 Å². The van der Waals surface area contributed by atoms with Gasteiger partial charge in [-0.1, -0.05) is 48.5 Å². The average Bonchev–Trinajstić information content (AvgIpc) is 3.23. The molecule has 7 heteroatoms. The Morgan fingerprint density at radius 3 is 2.47 bits per heavy atom. The summed E-state index contributed by atoms with van der Waals surface area (Å²) in [5, 5.41) is 1.99. The molecule has 1 saturated heterocycles. The molecule has 2 aliphatic rings. The normalized spacial score (nSPS) is 20.8. The van der Waals surface area contributed by atoms with E-state index < -0.39 is 0 Å². The van der Waals surface area contributed by atoms with Gasteiger partial charge in [0.1, 0.15) is 5.82 Å². The van der Waals surface area contributed by atoms with E-state index in [0.29, 0.717) is 26.2 Å². The number of thiophene rings is 1. The third-order valence-corrected chi connectivity index (χ3v) is 7.85. The van der Waals surface area contributed by atoms with Crippen LogP contribution in [0.15, 0.2) is 72.1 Å². The van der Waals surface area contributed by atoms with Crippen molar-refractivity contribution in [2.24, 2.45) is 5.92 Å². The van der Waals surface area contributed by atoms with Crippen molar-refractivity contribution in [1.82, 2.24) is 9.80 Å². The zero-order chi connectivity index (χ0) is 24.9. The Labute approximate surface area is 215 Å². The summed E-state index contributed by atoms with van der Waals surface area (Å²) < 4.78 is 19.3. The second kappa shape index (κ2) is 11.4. The van der Waals surface area contributed by atoms with Gasteiger partial charge in [0.05, 0.1) is 19.2 Å². The summed E-state index contributed by atoms with van der Waals surface area (Å²) in [6.45, 7) is 1.96. The van der Waals surface area contributed by atoms with Crippen molar-refractivity contribution in [3.05, 3.63) is 93.9 Å². The van der Waals surface area contributed by atoms with Gasteiger partial charge in [-0.05, 0) is 59.9 Å². The number of carbonyl (C=O) groups excluding carboxylic acids is 2. The molecule has 3 atom stereocenters. The van der Waals surface area contributed by atoms with Gasteiger partial charge in [-0.3, -0.25) is 9.59 Å². The number of hydrogen-bond acceptors (Lipinski definition) is 4. The Morgan fingerprint density at radius 2 is 1.78 bits per heavy atom. The van der Waals surface area contributed by atoms with Crippen LogP contribution in [0.25, 0.3) is 0 Å². The predicted molar refractivity (Wildman–Crippen MR) is 138 cm³/mol. The minimum atomic E-state index is -0.305. The van der Waals surface area contributed by atoms with Crippen molar-refractivity contribution in [2.45, 2.75) is 44.4 Å². The van der Waals surface area contributed by atoms with E-state index in [4.69, 9.17) is 4.74 Å². The van der Waals surface area contributed by atoms with E-state index in [1.165, 1.54) is 17.7 Å². The Hall–Kier alpha value is -3.03. The second-order valence-corrected chi connectivity index (χ2v) is 10.7. The van der Waals surface area contributed by atoms with Gasteiger partial charge in [0.2, 0.25) is 11.8 Å². The zero-order valence-corrected chi connectivity index (χ0v) is 21.0. The molecule has 2 unspecified atom stereocenters. The van der Waals surface area contributed by atoms with Crippen LogP contribution < -0.4 is 0 Å². The van der Waals surface area contributed by atoms with Crippen LogP contribution >= 0.6 is 11.3 Å². The van der Waals surface area contributed by atoms with Crippen LogP contribution in [0, 0.1) is 11.7 Å². The first kappa shape index (κ1) is 24.7. The summed E-state index contributed by atoms with van der Waals surface area (Å²) in [6.07, 6.45) is 2.66. The zero-order valence-electron chi connectivity index (χ0n) is 20.2. The highest BCUT2D eigenvalue weighted by Crippen LogP contribution is 2.48. The number of carbonyl (C=O) groups is 2. The van der Waals surface area contributed by atoms with Crippen LogP contribution in [0.4, 0.5) is 4.39 Å². The highest BCUT2D eigenvalue weighted by molar-refractivity contribution is 7.09. The highest BCUT2D eigenvalue weighted by Gasteiger charge is 2.46. The molecule has 0 radical (unpaired) electrons. The van der Waals surface area contributed by atoms with Gasteiger partial charge in [0.25, 0.3) is 0 Å². The predicted octanol–water partition coefficient (Wildman–Crippen LogP) is 5.23. The van der Waals surface area contributed by atoms with Gasteiger partial charge in [-0.2, -0.15) is 0 Å². The van der Waals surface area contributed by atoms with Gasteiger partial charge >= 0.3 is 0 Å². The van der Waals surface area contributed by atoms with E-state index in [2.05, 4.69) is 12.1 Å². The minimum absolute atomic E-state index is 0.0171. The van der Waals surface area contributed by atoms with Crippen molar-refractivity contribution >= 4 is 23.2 Å². The van der Waals surface area contributed by atoms with Crippen LogP contribution in [0.5, 0.6) is 0 Å². The van der Waals surface area contributed by atoms with E-state index in [0.717, 1.165) is 29.7 Å². The molecule has 0 spiro atoms. The number of benzene rings is 2. The molecule has 2 fully saturated rings. The fourth-order valence-electron chi connectivity index (χ4n) is 4.93. The summed E-state index contributed by atoms with van der Waals surface area (Å²) >= 11 is 1.59. The molecule has 188 valence electrons. The van der Waals surface area contributed by atoms with Crippen LogP contribution in [0.3, 0.4) is 0 Å². The lowest BCUT2D eigenvalue weighted by Gasteiger charge is -2.29. The van der Waals surface area contributed by atoms with Crippen molar-refractivity contribution < 1.29 is 18.7 Å². The average molecular weight is 507 g/mol. The monoisotopic (exact) mass is 506 g/mol. The van der Waals surface area contributed by atoms with E-state index in [1.807, 2.05) is 35.7 Å². The van der Waals surface area contributed by atoms with Crippen LogP contribution in [0.1, 0.15) is 41.2 Å². The molecule has 3 aromatic rings. The summed E-state index contributed by atoms with van der Waals surface area (Å²) in [4.78, 5) is 31.8. The Kier molecular flexibility index (Phi) is 7.78. The fraction of sp³-hybridized carbons (Fsp3) is 0.379. The third kappa shape index (κ3) is 6.20. The van der Waals surface area contributed by atoms with Crippen LogP contribution in [0.2, 0.25) is 0 Å². The summed E-state index contributed by atoms with van der Waals surface area (Å²) in [5.41, 5.74) is 2.03. The smallest absolute Gasteiger partial charge is 0.242 e. The number of rotatable bonds is 10.